The summed E-state index contributed by atoms with van der Waals surface area (Å²) in [5, 5.41) is 13.0. The van der Waals surface area contributed by atoms with E-state index in [-0.39, 0.29) is 5.56 Å². The van der Waals surface area contributed by atoms with Gasteiger partial charge in [0.25, 0.3) is 5.56 Å². The van der Waals surface area contributed by atoms with Crippen molar-refractivity contribution in [2.45, 2.75) is 20.3 Å². The fourth-order valence-electron chi connectivity index (χ4n) is 2.43. The van der Waals surface area contributed by atoms with Crippen LogP contribution in [0.25, 0.3) is 11.0 Å². The Balaban J connectivity index is 2.38. The fourth-order valence-corrected chi connectivity index (χ4v) is 3.03. The van der Waals surface area contributed by atoms with Crippen molar-refractivity contribution in [2.75, 3.05) is 5.32 Å². The van der Waals surface area contributed by atoms with Gasteiger partial charge in [0, 0.05) is 20.3 Å². The molecule has 3 rings (SSSR count). The zero-order valence-corrected chi connectivity index (χ0v) is 14.1. The lowest BCUT2D eigenvalue weighted by Crippen LogP contribution is -2.37. The maximum atomic E-state index is 12.6. The summed E-state index contributed by atoms with van der Waals surface area (Å²) in [7, 11) is 3.06. The molecule has 9 heteroatoms. The van der Waals surface area contributed by atoms with Gasteiger partial charge in [-0.05, 0) is 18.9 Å². The Labute approximate surface area is 135 Å². The second-order valence-corrected chi connectivity index (χ2v) is 6.35. The van der Waals surface area contributed by atoms with Gasteiger partial charge in [-0.15, -0.1) is 10.2 Å². The number of anilines is 2. The van der Waals surface area contributed by atoms with Gasteiger partial charge in [-0.1, -0.05) is 18.3 Å². The van der Waals surface area contributed by atoms with Crippen LogP contribution in [-0.4, -0.2) is 24.3 Å². The van der Waals surface area contributed by atoms with Gasteiger partial charge < -0.3 is 5.32 Å². The van der Waals surface area contributed by atoms with E-state index in [2.05, 4.69) is 20.5 Å². The third-order valence-electron chi connectivity index (χ3n) is 3.69. The van der Waals surface area contributed by atoms with Crippen molar-refractivity contribution in [3.63, 3.8) is 0 Å². The van der Waals surface area contributed by atoms with Crippen LogP contribution in [0.1, 0.15) is 17.5 Å². The highest BCUT2D eigenvalue weighted by atomic mass is 32.1. The second kappa shape index (κ2) is 5.58. The predicted octanol–water partition coefficient (Wildman–Crippen LogP) is 1.10. The van der Waals surface area contributed by atoms with Crippen molar-refractivity contribution in [1.82, 2.24) is 24.3 Å². The topological polar surface area (TPSA) is 94.7 Å². The number of rotatable bonds is 3. The number of hydrogen-bond donors (Lipinski definition) is 1. The second-order valence-electron chi connectivity index (χ2n) is 5.17. The molecule has 0 unspecified atom stereocenters. The molecule has 0 bridgehead atoms. The van der Waals surface area contributed by atoms with Crippen LogP contribution in [-0.2, 0) is 20.5 Å². The molecule has 0 amide bonds. The maximum absolute atomic E-state index is 12.6. The molecule has 1 N–H and O–H groups in total. The number of pyridine rings is 1. The molecule has 3 heterocycles. The highest BCUT2D eigenvalue weighted by Gasteiger charge is 2.17. The Morgan fingerprint density at radius 1 is 1.22 bits per heavy atom. The number of hydrogen-bond acceptors (Lipinski definition) is 7. The predicted molar refractivity (Wildman–Crippen MR) is 89.5 cm³/mol. The Morgan fingerprint density at radius 2 is 1.96 bits per heavy atom. The summed E-state index contributed by atoms with van der Waals surface area (Å²) in [5.74, 6) is 0. The van der Waals surface area contributed by atoms with Gasteiger partial charge in [-0.25, -0.2) is 9.78 Å². The molecule has 120 valence electrons. The minimum absolute atomic E-state index is 0.346. The Bertz CT molecular complexity index is 1020. The maximum Gasteiger partial charge on any atom is 0.332 e. The molecule has 0 saturated heterocycles. The Hall–Kier alpha value is -2.55. The minimum Gasteiger partial charge on any atom is -0.329 e. The van der Waals surface area contributed by atoms with Crippen molar-refractivity contribution < 1.29 is 0 Å². The average molecular weight is 332 g/mol. The summed E-state index contributed by atoms with van der Waals surface area (Å²) >= 11 is 1.40. The number of fused-ring (bicyclic) bond motifs is 1. The highest BCUT2D eigenvalue weighted by molar-refractivity contribution is 7.15. The molecule has 8 nitrogen and oxygen atoms in total. The zero-order chi connectivity index (χ0) is 16.7. The van der Waals surface area contributed by atoms with Gasteiger partial charge in [0.2, 0.25) is 5.13 Å². The number of nitrogens with one attached hydrogen (secondary N) is 1. The monoisotopic (exact) mass is 332 g/mol. The van der Waals surface area contributed by atoms with Gasteiger partial charge in [0.1, 0.15) is 10.4 Å². The van der Waals surface area contributed by atoms with Crippen LogP contribution in [0.15, 0.2) is 15.8 Å². The molecule has 0 aromatic carbocycles. The third-order valence-corrected chi connectivity index (χ3v) is 4.44. The molecule has 0 aliphatic heterocycles. The molecule has 0 radical (unpaired) electrons. The first-order chi connectivity index (χ1) is 10.9. The average Bonchev–Trinajstić information content (AvgIpc) is 2.95. The van der Waals surface area contributed by atoms with Gasteiger partial charge in [-0.3, -0.25) is 13.9 Å². The van der Waals surface area contributed by atoms with Crippen LogP contribution in [0.5, 0.6) is 0 Å². The molecule has 23 heavy (non-hydrogen) atoms. The highest BCUT2D eigenvalue weighted by Crippen LogP contribution is 2.28. The van der Waals surface area contributed by atoms with E-state index >= 15 is 0 Å². The lowest BCUT2D eigenvalue weighted by molar-refractivity contribution is 0.707. The molecule has 3 aromatic rings. The molecule has 0 fully saturated rings. The molecular weight excluding hydrogens is 316 g/mol. The van der Waals surface area contributed by atoms with Crippen LogP contribution >= 0.6 is 11.3 Å². The standard InChI is InChI=1S/C14H16N6O2S/c1-5-8-6-15-11-9(12(21)20(4)14(22)19(11)3)10(8)16-13-18-17-7(2)23-13/h6H,5H2,1-4H3,(H,15,16,18). The van der Waals surface area contributed by atoms with E-state index in [0.29, 0.717) is 28.3 Å². The van der Waals surface area contributed by atoms with Crippen molar-refractivity contribution >= 4 is 33.2 Å². The van der Waals surface area contributed by atoms with Gasteiger partial charge in [0.05, 0.1) is 5.69 Å². The number of aryl methyl sites for hydroxylation is 3. The fraction of sp³-hybridized carbons (Fsp3) is 0.357. The minimum atomic E-state index is -0.406. The first-order valence-corrected chi connectivity index (χ1v) is 7.90. The molecule has 0 aliphatic rings. The van der Waals surface area contributed by atoms with Gasteiger partial charge in [-0.2, -0.15) is 0 Å². The van der Waals surface area contributed by atoms with Crippen LogP contribution in [0.3, 0.4) is 0 Å². The molecule has 0 spiro atoms. The summed E-state index contributed by atoms with van der Waals surface area (Å²) in [6, 6.07) is 0. The first kappa shape index (κ1) is 15.3. The molecule has 0 atom stereocenters. The lowest BCUT2D eigenvalue weighted by Gasteiger charge is -2.14. The largest absolute Gasteiger partial charge is 0.332 e. The van der Waals surface area contributed by atoms with Crippen molar-refractivity contribution in [3.8, 4) is 0 Å². The Kier molecular flexibility index (Phi) is 3.72. The Morgan fingerprint density at radius 3 is 2.57 bits per heavy atom. The molecule has 0 aliphatic carbocycles. The van der Waals surface area contributed by atoms with Crippen LogP contribution in [0, 0.1) is 6.92 Å². The van der Waals surface area contributed by atoms with E-state index in [4.69, 9.17) is 0 Å². The number of aromatic nitrogens is 5. The van der Waals surface area contributed by atoms with Crippen LogP contribution in [0.4, 0.5) is 10.8 Å². The smallest absolute Gasteiger partial charge is 0.329 e. The summed E-state index contributed by atoms with van der Waals surface area (Å²) in [5.41, 5.74) is 1.07. The van der Waals surface area contributed by atoms with E-state index in [1.807, 2.05) is 13.8 Å². The van der Waals surface area contributed by atoms with E-state index in [0.717, 1.165) is 15.1 Å². The van der Waals surface area contributed by atoms with Crippen molar-refractivity contribution in [2.24, 2.45) is 14.1 Å². The summed E-state index contributed by atoms with van der Waals surface area (Å²) in [4.78, 5) is 29.0. The van der Waals surface area contributed by atoms with Crippen LogP contribution < -0.4 is 16.6 Å². The third kappa shape index (κ3) is 2.42. The summed E-state index contributed by atoms with van der Waals surface area (Å²) in [6.07, 6.45) is 2.37. The summed E-state index contributed by atoms with van der Waals surface area (Å²) < 4.78 is 2.45. The first-order valence-electron chi connectivity index (χ1n) is 7.08. The van der Waals surface area contributed by atoms with E-state index in [1.165, 1.54) is 23.0 Å². The normalized spacial score (nSPS) is 11.1. The zero-order valence-electron chi connectivity index (χ0n) is 13.2. The molecule has 3 aromatic heterocycles. The van der Waals surface area contributed by atoms with Gasteiger partial charge in [0.15, 0.2) is 5.65 Å². The van der Waals surface area contributed by atoms with E-state index < -0.39 is 5.69 Å². The molecule has 0 saturated carbocycles. The lowest BCUT2D eigenvalue weighted by atomic mass is 10.1. The van der Waals surface area contributed by atoms with E-state index in [1.54, 1.807) is 13.2 Å². The quantitative estimate of drug-likeness (QED) is 0.772. The molecular formula is C14H16N6O2S. The van der Waals surface area contributed by atoms with Crippen molar-refractivity contribution in [1.29, 1.82) is 0 Å². The van der Waals surface area contributed by atoms with Gasteiger partial charge >= 0.3 is 5.69 Å². The SMILES string of the molecule is CCc1cnc2c(c1Nc1nnc(C)s1)c(=O)n(C)c(=O)n2C. The summed E-state index contributed by atoms with van der Waals surface area (Å²) in [6.45, 7) is 3.84. The van der Waals surface area contributed by atoms with Crippen molar-refractivity contribution in [3.05, 3.63) is 37.6 Å². The number of nitrogens with zero attached hydrogens (tertiary/aromatic N) is 5. The van der Waals surface area contributed by atoms with Crippen LogP contribution in [0.2, 0.25) is 0 Å². The van der Waals surface area contributed by atoms with E-state index in [9.17, 15) is 9.59 Å².